The van der Waals surface area contributed by atoms with Crippen molar-refractivity contribution in [2.24, 2.45) is 0 Å². The molecule has 0 spiro atoms. The molecule has 2 amide bonds. The predicted octanol–water partition coefficient (Wildman–Crippen LogP) is 3.48. The van der Waals surface area contributed by atoms with Gasteiger partial charge in [-0.05, 0) is 49.6 Å². The normalized spacial score (nSPS) is 9.92. The zero-order valence-corrected chi connectivity index (χ0v) is 15.1. The lowest BCUT2D eigenvalue weighted by molar-refractivity contribution is -0.118. The van der Waals surface area contributed by atoms with Crippen LogP contribution in [0.25, 0.3) is 0 Å². The number of carbonyl (C=O) groups excluding carboxylic acids is 2. The van der Waals surface area contributed by atoms with E-state index in [0.29, 0.717) is 17.1 Å². The first-order chi connectivity index (χ1) is 12.4. The molecule has 0 aliphatic heterocycles. The Hall–Kier alpha value is -3.33. The van der Waals surface area contributed by atoms with Crippen LogP contribution in [-0.2, 0) is 9.59 Å². The highest BCUT2D eigenvalue weighted by Gasteiger charge is 2.12. The summed E-state index contributed by atoms with van der Waals surface area (Å²) in [6, 6.07) is 12.5. The second-order valence-electron chi connectivity index (χ2n) is 5.92. The molecule has 2 rings (SSSR count). The number of ether oxygens (including phenoxy) is 1. The molecule has 0 unspecified atom stereocenters. The second kappa shape index (κ2) is 8.67. The Bertz CT molecular complexity index is 869. The number of benzene rings is 2. The molecule has 6 nitrogen and oxygen atoms in total. The standard InChI is InChI=1S/C20H21N3O3/c1-13-8-9-14(2)20(15(13)3)26-12-19(25)23-17-7-5-4-6-16(17)22-18(24)10-11-21/h4-9H,10,12H2,1-3H3,(H,22,24)(H,23,25). The second-order valence-corrected chi connectivity index (χ2v) is 5.92. The number of nitriles is 1. The number of aryl methyl sites for hydroxylation is 2. The topological polar surface area (TPSA) is 91.2 Å². The molecule has 0 radical (unpaired) electrons. The number of anilines is 2. The van der Waals surface area contributed by atoms with E-state index in [2.05, 4.69) is 10.6 Å². The van der Waals surface area contributed by atoms with Crippen LogP contribution in [0.15, 0.2) is 36.4 Å². The summed E-state index contributed by atoms with van der Waals surface area (Å²) in [4.78, 5) is 23.9. The molecule has 2 aromatic carbocycles. The fourth-order valence-corrected chi connectivity index (χ4v) is 2.44. The van der Waals surface area contributed by atoms with Crippen molar-refractivity contribution in [1.29, 1.82) is 5.26 Å². The van der Waals surface area contributed by atoms with E-state index < -0.39 is 5.91 Å². The molecule has 0 heterocycles. The van der Waals surface area contributed by atoms with Gasteiger partial charge in [0.25, 0.3) is 5.91 Å². The number of amides is 2. The van der Waals surface area contributed by atoms with Crippen LogP contribution < -0.4 is 15.4 Å². The van der Waals surface area contributed by atoms with Crippen LogP contribution in [-0.4, -0.2) is 18.4 Å². The lowest BCUT2D eigenvalue weighted by Gasteiger charge is -2.15. The van der Waals surface area contributed by atoms with Gasteiger partial charge < -0.3 is 15.4 Å². The van der Waals surface area contributed by atoms with Crippen LogP contribution in [0.5, 0.6) is 5.75 Å². The molecule has 2 aromatic rings. The third-order valence-electron chi connectivity index (χ3n) is 3.94. The Balaban J connectivity index is 2.04. The summed E-state index contributed by atoms with van der Waals surface area (Å²) in [6.07, 6.45) is -0.253. The number of rotatable bonds is 6. The van der Waals surface area contributed by atoms with E-state index in [1.54, 1.807) is 30.3 Å². The van der Waals surface area contributed by atoms with Crippen molar-refractivity contribution >= 4 is 23.2 Å². The monoisotopic (exact) mass is 351 g/mol. The maximum absolute atomic E-state index is 12.3. The highest BCUT2D eigenvalue weighted by atomic mass is 16.5. The van der Waals surface area contributed by atoms with Crippen molar-refractivity contribution in [3.05, 3.63) is 53.1 Å². The molecule has 0 atom stereocenters. The van der Waals surface area contributed by atoms with Crippen molar-refractivity contribution in [3.63, 3.8) is 0 Å². The molecule has 134 valence electrons. The van der Waals surface area contributed by atoms with Gasteiger partial charge in [0.15, 0.2) is 6.61 Å². The fourth-order valence-electron chi connectivity index (χ4n) is 2.44. The van der Waals surface area contributed by atoms with Crippen molar-refractivity contribution in [2.75, 3.05) is 17.2 Å². The molecule has 0 saturated carbocycles. The van der Waals surface area contributed by atoms with Crippen LogP contribution in [0.1, 0.15) is 23.1 Å². The Morgan fingerprint density at radius 1 is 0.962 bits per heavy atom. The van der Waals surface area contributed by atoms with Crippen molar-refractivity contribution < 1.29 is 14.3 Å². The van der Waals surface area contributed by atoms with Gasteiger partial charge in [-0.3, -0.25) is 9.59 Å². The van der Waals surface area contributed by atoms with Crippen LogP contribution in [0.4, 0.5) is 11.4 Å². The van der Waals surface area contributed by atoms with Crippen LogP contribution in [0.3, 0.4) is 0 Å². The molecule has 2 N–H and O–H groups in total. The Labute approximate surface area is 152 Å². The smallest absolute Gasteiger partial charge is 0.262 e. The number of nitrogens with zero attached hydrogens (tertiary/aromatic N) is 1. The maximum Gasteiger partial charge on any atom is 0.262 e. The molecule has 0 aliphatic rings. The van der Waals surface area contributed by atoms with Gasteiger partial charge in [0.2, 0.25) is 5.91 Å². The van der Waals surface area contributed by atoms with Gasteiger partial charge >= 0.3 is 0 Å². The minimum absolute atomic E-state index is 0.147. The molecular weight excluding hydrogens is 330 g/mol. The van der Waals surface area contributed by atoms with E-state index in [9.17, 15) is 9.59 Å². The third-order valence-corrected chi connectivity index (χ3v) is 3.94. The molecule has 0 aromatic heterocycles. The summed E-state index contributed by atoms with van der Waals surface area (Å²) in [7, 11) is 0. The SMILES string of the molecule is Cc1ccc(C)c(OCC(=O)Nc2ccccc2NC(=O)CC#N)c1C. The minimum atomic E-state index is -0.434. The van der Waals surface area contributed by atoms with E-state index in [1.165, 1.54) is 0 Å². The van der Waals surface area contributed by atoms with Crippen molar-refractivity contribution in [2.45, 2.75) is 27.2 Å². The van der Waals surface area contributed by atoms with Gasteiger partial charge in [-0.2, -0.15) is 5.26 Å². The summed E-state index contributed by atoms with van der Waals surface area (Å²) in [5.41, 5.74) is 3.94. The Morgan fingerprint density at radius 3 is 2.15 bits per heavy atom. The lowest BCUT2D eigenvalue weighted by Crippen LogP contribution is -2.22. The Morgan fingerprint density at radius 2 is 1.54 bits per heavy atom. The zero-order valence-electron chi connectivity index (χ0n) is 15.1. The molecule has 0 aliphatic carbocycles. The number of carbonyl (C=O) groups is 2. The first-order valence-electron chi connectivity index (χ1n) is 8.17. The van der Waals surface area contributed by atoms with Gasteiger partial charge in [-0.15, -0.1) is 0 Å². The van der Waals surface area contributed by atoms with Gasteiger partial charge in [0, 0.05) is 0 Å². The van der Waals surface area contributed by atoms with Crippen LogP contribution >= 0.6 is 0 Å². The zero-order chi connectivity index (χ0) is 19.1. The summed E-state index contributed by atoms with van der Waals surface area (Å²) in [5.74, 6) is -0.0699. The average Bonchev–Trinajstić information content (AvgIpc) is 2.60. The predicted molar refractivity (Wildman–Crippen MR) is 100 cm³/mol. The molecular formula is C20H21N3O3. The Kier molecular flexibility index (Phi) is 6.34. The largest absolute Gasteiger partial charge is 0.483 e. The summed E-state index contributed by atoms with van der Waals surface area (Å²) >= 11 is 0. The van der Waals surface area contributed by atoms with E-state index in [4.69, 9.17) is 10.00 Å². The van der Waals surface area contributed by atoms with Crippen LogP contribution in [0.2, 0.25) is 0 Å². The number of hydrogen-bond donors (Lipinski definition) is 2. The van der Waals surface area contributed by atoms with E-state index in [0.717, 1.165) is 16.7 Å². The molecule has 0 bridgehead atoms. The summed E-state index contributed by atoms with van der Waals surface area (Å²) in [5, 5.41) is 13.9. The first-order valence-corrected chi connectivity index (χ1v) is 8.17. The third kappa shape index (κ3) is 4.84. The molecule has 0 saturated heterocycles. The van der Waals surface area contributed by atoms with E-state index >= 15 is 0 Å². The van der Waals surface area contributed by atoms with Crippen molar-refractivity contribution in [1.82, 2.24) is 0 Å². The van der Waals surface area contributed by atoms with Crippen LogP contribution in [0, 0.1) is 32.1 Å². The summed E-state index contributed by atoms with van der Waals surface area (Å²) in [6.45, 7) is 5.72. The minimum Gasteiger partial charge on any atom is -0.483 e. The quantitative estimate of drug-likeness (QED) is 0.833. The maximum atomic E-state index is 12.3. The fraction of sp³-hybridized carbons (Fsp3) is 0.250. The highest BCUT2D eigenvalue weighted by molar-refractivity contribution is 6.00. The molecule has 26 heavy (non-hydrogen) atoms. The molecule has 6 heteroatoms. The number of hydrogen-bond acceptors (Lipinski definition) is 4. The molecule has 0 fully saturated rings. The highest BCUT2D eigenvalue weighted by Crippen LogP contribution is 2.26. The van der Waals surface area contributed by atoms with Gasteiger partial charge in [-0.1, -0.05) is 24.3 Å². The average molecular weight is 351 g/mol. The van der Waals surface area contributed by atoms with Gasteiger partial charge in [0.1, 0.15) is 12.2 Å². The van der Waals surface area contributed by atoms with E-state index in [1.807, 2.05) is 32.9 Å². The number of para-hydroxylation sites is 2. The number of nitrogens with one attached hydrogen (secondary N) is 2. The van der Waals surface area contributed by atoms with E-state index in [-0.39, 0.29) is 18.9 Å². The lowest BCUT2D eigenvalue weighted by atomic mass is 10.1. The first kappa shape index (κ1) is 19.0. The van der Waals surface area contributed by atoms with Gasteiger partial charge in [-0.25, -0.2) is 0 Å². The van der Waals surface area contributed by atoms with Crippen molar-refractivity contribution in [3.8, 4) is 11.8 Å². The summed E-state index contributed by atoms with van der Waals surface area (Å²) < 4.78 is 5.70. The van der Waals surface area contributed by atoms with Gasteiger partial charge in [0.05, 0.1) is 17.4 Å².